The summed E-state index contributed by atoms with van der Waals surface area (Å²) in [4.78, 5) is 34.6. The summed E-state index contributed by atoms with van der Waals surface area (Å²) < 4.78 is 14.8. The molecule has 0 saturated heterocycles. The highest BCUT2D eigenvalue weighted by Crippen LogP contribution is 2.26. The number of para-hydroxylation sites is 1. The fraction of sp³-hybridized carbons (Fsp3) is 0.625. The molecule has 0 radical (unpaired) electrons. The van der Waals surface area contributed by atoms with Gasteiger partial charge in [-0.3, -0.25) is 14.4 Å². The number of carboxylic acid groups (broad SMARTS) is 1. The number of amides is 2. The van der Waals surface area contributed by atoms with Crippen molar-refractivity contribution in [3.8, 4) is 0 Å². The minimum Gasteiger partial charge on any atom is -0.481 e. The predicted molar refractivity (Wildman–Crippen MR) is 128 cm³/mol. The second-order valence-corrected chi connectivity index (χ2v) is 6.78. The van der Waals surface area contributed by atoms with Gasteiger partial charge in [0, 0.05) is 32.3 Å². The SMILES string of the molecule is CC.CCC(=O)N1CCCc2ccccc21.COCC(=O)NCCOCCOCCC(=O)O. The van der Waals surface area contributed by atoms with Gasteiger partial charge in [-0.2, -0.15) is 0 Å². The molecule has 0 unspecified atom stereocenters. The molecule has 188 valence electrons. The largest absolute Gasteiger partial charge is 0.481 e. The first kappa shape index (κ1) is 30.5. The normalized spacial score (nSPS) is 11.8. The molecular weight excluding hydrogens is 428 g/mol. The molecule has 0 saturated carbocycles. The fourth-order valence-corrected chi connectivity index (χ4v) is 2.91. The third-order valence-electron chi connectivity index (χ3n) is 4.39. The van der Waals surface area contributed by atoms with Crippen molar-refractivity contribution in [1.29, 1.82) is 0 Å². The number of nitrogens with zero attached hydrogens (tertiary/aromatic N) is 1. The van der Waals surface area contributed by atoms with E-state index in [4.69, 9.17) is 14.6 Å². The number of carbonyl (C=O) groups excluding carboxylic acids is 2. The number of rotatable bonds is 12. The van der Waals surface area contributed by atoms with E-state index in [2.05, 4.69) is 16.1 Å². The Balaban J connectivity index is 0.000000583. The Kier molecular flexibility index (Phi) is 18.6. The number of anilines is 1. The highest BCUT2D eigenvalue weighted by atomic mass is 16.5. The van der Waals surface area contributed by atoms with Gasteiger partial charge in [-0.15, -0.1) is 0 Å². The molecule has 2 N–H and O–H groups in total. The van der Waals surface area contributed by atoms with Crippen LogP contribution >= 0.6 is 0 Å². The summed E-state index contributed by atoms with van der Waals surface area (Å²) in [6.07, 6.45) is 2.77. The molecule has 1 aromatic rings. The lowest BCUT2D eigenvalue weighted by Gasteiger charge is -2.29. The van der Waals surface area contributed by atoms with Crippen LogP contribution in [0.3, 0.4) is 0 Å². The maximum Gasteiger partial charge on any atom is 0.305 e. The van der Waals surface area contributed by atoms with Gasteiger partial charge in [-0.05, 0) is 24.5 Å². The average Bonchev–Trinajstić information content (AvgIpc) is 2.83. The number of hydrogen-bond acceptors (Lipinski definition) is 6. The summed E-state index contributed by atoms with van der Waals surface area (Å²) in [5, 5.41) is 10.9. The number of methoxy groups -OCH3 is 1. The molecule has 2 rings (SSSR count). The molecule has 0 spiro atoms. The lowest BCUT2D eigenvalue weighted by Crippen LogP contribution is -2.34. The van der Waals surface area contributed by atoms with Crippen LogP contribution in [0.1, 0.15) is 45.6 Å². The molecule has 1 aliphatic heterocycles. The first-order chi connectivity index (χ1) is 16.0. The summed E-state index contributed by atoms with van der Waals surface area (Å²) in [5.41, 5.74) is 2.42. The Labute approximate surface area is 197 Å². The van der Waals surface area contributed by atoms with Crippen molar-refractivity contribution in [2.75, 3.05) is 58.1 Å². The molecule has 0 aliphatic carbocycles. The monoisotopic (exact) mass is 468 g/mol. The van der Waals surface area contributed by atoms with Crippen molar-refractivity contribution in [3.05, 3.63) is 29.8 Å². The number of ether oxygens (including phenoxy) is 3. The minimum atomic E-state index is -0.883. The maximum atomic E-state index is 11.7. The van der Waals surface area contributed by atoms with Gasteiger partial charge in [0.25, 0.3) is 0 Å². The van der Waals surface area contributed by atoms with Crippen molar-refractivity contribution >= 4 is 23.5 Å². The van der Waals surface area contributed by atoms with E-state index in [0.29, 0.717) is 32.8 Å². The van der Waals surface area contributed by atoms with Crippen LogP contribution < -0.4 is 10.2 Å². The zero-order valence-electron chi connectivity index (χ0n) is 20.4. The van der Waals surface area contributed by atoms with Gasteiger partial charge in [0.15, 0.2) is 0 Å². The molecule has 1 aliphatic rings. The highest BCUT2D eigenvalue weighted by Gasteiger charge is 2.20. The third-order valence-corrected chi connectivity index (χ3v) is 4.39. The number of carboxylic acids is 1. The smallest absolute Gasteiger partial charge is 0.305 e. The minimum absolute atomic E-state index is 0.00687. The number of aliphatic carboxylic acids is 1. The average molecular weight is 469 g/mol. The maximum absolute atomic E-state index is 11.7. The molecule has 33 heavy (non-hydrogen) atoms. The Bertz CT molecular complexity index is 683. The Morgan fingerprint density at radius 3 is 2.36 bits per heavy atom. The van der Waals surface area contributed by atoms with Crippen LogP contribution in [0, 0.1) is 0 Å². The molecule has 0 bridgehead atoms. The first-order valence-corrected chi connectivity index (χ1v) is 11.5. The zero-order chi connectivity index (χ0) is 24.9. The van der Waals surface area contributed by atoms with E-state index in [1.165, 1.54) is 12.7 Å². The molecule has 0 aromatic heterocycles. The second-order valence-electron chi connectivity index (χ2n) is 6.78. The van der Waals surface area contributed by atoms with Crippen molar-refractivity contribution in [2.45, 2.75) is 46.5 Å². The lowest BCUT2D eigenvalue weighted by molar-refractivity contribution is -0.138. The number of aryl methyl sites for hydroxylation is 1. The van der Waals surface area contributed by atoms with Gasteiger partial charge in [0.2, 0.25) is 11.8 Å². The van der Waals surface area contributed by atoms with E-state index in [1.54, 1.807) is 0 Å². The van der Waals surface area contributed by atoms with Crippen LogP contribution in [0.4, 0.5) is 5.69 Å². The summed E-state index contributed by atoms with van der Waals surface area (Å²) in [7, 11) is 1.45. The van der Waals surface area contributed by atoms with Gasteiger partial charge in [-0.25, -0.2) is 0 Å². The number of fused-ring (bicyclic) bond motifs is 1. The summed E-state index contributed by atoms with van der Waals surface area (Å²) in [5.74, 6) is -0.835. The van der Waals surface area contributed by atoms with E-state index >= 15 is 0 Å². The molecule has 0 atom stereocenters. The Morgan fingerprint density at radius 2 is 1.73 bits per heavy atom. The van der Waals surface area contributed by atoms with Crippen LogP contribution in [0.15, 0.2) is 24.3 Å². The summed E-state index contributed by atoms with van der Waals surface area (Å²) in [6.45, 7) is 8.54. The Morgan fingerprint density at radius 1 is 1.06 bits per heavy atom. The molecule has 0 fully saturated rings. The van der Waals surface area contributed by atoms with Crippen molar-refractivity contribution < 1.29 is 33.7 Å². The van der Waals surface area contributed by atoms with Gasteiger partial charge in [0.1, 0.15) is 6.61 Å². The fourth-order valence-electron chi connectivity index (χ4n) is 2.91. The number of benzene rings is 1. The number of nitrogens with one attached hydrogen (secondary N) is 1. The second kappa shape index (κ2) is 20.1. The third kappa shape index (κ3) is 14.3. The highest BCUT2D eigenvalue weighted by molar-refractivity contribution is 5.94. The van der Waals surface area contributed by atoms with E-state index in [-0.39, 0.29) is 31.4 Å². The zero-order valence-corrected chi connectivity index (χ0v) is 20.4. The lowest BCUT2D eigenvalue weighted by atomic mass is 10.0. The van der Waals surface area contributed by atoms with Crippen LogP contribution in [-0.4, -0.2) is 76.1 Å². The van der Waals surface area contributed by atoms with Crippen LogP contribution in [0.2, 0.25) is 0 Å². The van der Waals surface area contributed by atoms with Crippen LogP contribution in [0.5, 0.6) is 0 Å². The molecule has 9 heteroatoms. The quantitative estimate of drug-likeness (QED) is 0.453. The molecule has 1 aromatic carbocycles. The topological polar surface area (TPSA) is 114 Å². The van der Waals surface area contributed by atoms with Crippen molar-refractivity contribution in [2.24, 2.45) is 0 Å². The standard InChI is InChI=1S/C12H15NO.C10H19NO6.C2H6/c1-2-12(14)13-9-5-7-10-6-3-4-8-11(10)13;1-15-8-9(12)11-3-5-17-7-6-16-4-2-10(13)14;1-2/h3-4,6,8H,2,5,7,9H2,1H3;2-8H2,1H3,(H,11,12)(H,13,14);1-2H3. The van der Waals surface area contributed by atoms with Gasteiger partial charge >= 0.3 is 5.97 Å². The van der Waals surface area contributed by atoms with Gasteiger partial charge < -0.3 is 29.5 Å². The van der Waals surface area contributed by atoms with Crippen molar-refractivity contribution in [3.63, 3.8) is 0 Å². The first-order valence-electron chi connectivity index (χ1n) is 11.5. The van der Waals surface area contributed by atoms with E-state index in [0.717, 1.165) is 25.1 Å². The Hall–Kier alpha value is -2.49. The van der Waals surface area contributed by atoms with Crippen molar-refractivity contribution in [1.82, 2.24) is 5.32 Å². The summed E-state index contributed by atoms with van der Waals surface area (Å²) >= 11 is 0. The van der Waals surface area contributed by atoms with Gasteiger partial charge in [0.05, 0.1) is 32.8 Å². The van der Waals surface area contributed by atoms with E-state index in [9.17, 15) is 14.4 Å². The molecule has 9 nitrogen and oxygen atoms in total. The number of hydrogen-bond donors (Lipinski definition) is 2. The molecule has 1 heterocycles. The summed E-state index contributed by atoms with van der Waals surface area (Å²) in [6, 6.07) is 8.20. The van der Waals surface area contributed by atoms with Gasteiger partial charge in [-0.1, -0.05) is 39.0 Å². The predicted octanol–water partition coefficient (Wildman–Crippen LogP) is 2.66. The van der Waals surface area contributed by atoms with E-state index in [1.807, 2.05) is 43.9 Å². The van der Waals surface area contributed by atoms with Crippen LogP contribution in [-0.2, 0) is 35.0 Å². The number of carbonyl (C=O) groups is 3. The van der Waals surface area contributed by atoms with E-state index < -0.39 is 5.97 Å². The molecular formula is C24H40N2O7. The van der Waals surface area contributed by atoms with Crippen LogP contribution in [0.25, 0.3) is 0 Å². The molecule has 2 amide bonds.